The highest BCUT2D eigenvalue weighted by Crippen LogP contribution is 2.21. The van der Waals surface area contributed by atoms with Crippen molar-refractivity contribution in [1.29, 1.82) is 0 Å². The van der Waals surface area contributed by atoms with Crippen molar-refractivity contribution < 1.29 is 4.74 Å². The minimum Gasteiger partial charge on any atom is -0.381 e. The van der Waals surface area contributed by atoms with Crippen LogP contribution in [0, 0.1) is 13.8 Å². The van der Waals surface area contributed by atoms with Crippen LogP contribution in [0.4, 0.5) is 0 Å². The molecule has 1 N–H and O–H groups in total. The van der Waals surface area contributed by atoms with Gasteiger partial charge in [-0.25, -0.2) is 4.98 Å². The number of nitrogens with zero attached hydrogens (tertiary/aromatic N) is 1. The Kier molecular flexibility index (Phi) is 2.86. The van der Waals surface area contributed by atoms with E-state index in [9.17, 15) is 4.79 Å². The molecule has 1 fully saturated rings. The first-order chi connectivity index (χ1) is 7.18. The molecule has 1 aromatic rings. The van der Waals surface area contributed by atoms with E-state index in [0.717, 1.165) is 31.0 Å². The van der Waals surface area contributed by atoms with Crippen LogP contribution in [0.25, 0.3) is 0 Å². The standard InChI is InChI=1S/C11H16N2O2/c1-7-8(2)12-10(13-11(7)14)9-4-3-5-15-6-9/h9H,3-6H2,1-2H3,(H,12,13,14). The highest BCUT2D eigenvalue weighted by molar-refractivity contribution is 5.15. The summed E-state index contributed by atoms with van der Waals surface area (Å²) in [5, 5.41) is 0. The van der Waals surface area contributed by atoms with Gasteiger partial charge in [0.15, 0.2) is 0 Å². The third-order valence-corrected chi connectivity index (χ3v) is 2.96. The van der Waals surface area contributed by atoms with Crippen LogP contribution in [0.1, 0.15) is 35.8 Å². The first-order valence-corrected chi connectivity index (χ1v) is 5.33. The molecule has 0 bridgehead atoms. The summed E-state index contributed by atoms with van der Waals surface area (Å²) >= 11 is 0. The summed E-state index contributed by atoms with van der Waals surface area (Å²) < 4.78 is 5.38. The van der Waals surface area contributed by atoms with Crippen molar-refractivity contribution >= 4 is 0 Å². The van der Waals surface area contributed by atoms with Gasteiger partial charge in [-0.1, -0.05) is 0 Å². The average Bonchev–Trinajstić information content (AvgIpc) is 2.26. The molecule has 0 saturated carbocycles. The van der Waals surface area contributed by atoms with Gasteiger partial charge < -0.3 is 9.72 Å². The quantitative estimate of drug-likeness (QED) is 0.756. The molecule has 0 radical (unpaired) electrons. The highest BCUT2D eigenvalue weighted by Gasteiger charge is 2.19. The summed E-state index contributed by atoms with van der Waals surface area (Å²) in [5.41, 5.74) is 1.50. The second-order valence-corrected chi connectivity index (χ2v) is 4.08. The first kappa shape index (κ1) is 10.4. The number of hydrogen-bond donors (Lipinski definition) is 1. The first-order valence-electron chi connectivity index (χ1n) is 5.33. The molecule has 0 aromatic carbocycles. The molecule has 15 heavy (non-hydrogen) atoms. The number of aromatic nitrogens is 2. The SMILES string of the molecule is Cc1nc(C2CCCOC2)[nH]c(=O)c1C. The lowest BCUT2D eigenvalue weighted by molar-refractivity contribution is 0.0779. The fraction of sp³-hybridized carbons (Fsp3) is 0.636. The molecule has 0 aliphatic carbocycles. The Morgan fingerprint density at radius 3 is 2.87 bits per heavy atom. The van der Waals surface area contributed by atoms with Crippen LogP contribution >= 0.6 is 0 Å². The smallest absolute Gasteiger partial charge is 0.254 e. The van der Waals surface area contributed by atoms with E-state index in [1.807, 2.05) is 6.92 Å². The Morgan fingerprint density at radius 2 is 2.27 bits per heavy atom. The second-order valence-electron chi connectivity index (χ2n) is 4.08. The molecule has 1 aliphatic heterocycles. The summed E-state index contributed by atoms with van der Waals surface area (Å²) in [4.78, 5) is 18.8. The van der Waals surface area contributed by atoms with Crippen LogP contribution < -0.4 is 5.56 Å². The summed E-state index contributed by atoms with van der Waals surface area (Å²) in [7, 11) is 0. The lowest BCUT2D eigenvalue weighted by Gasteiger charge is -2.21. The third-order valence-electron chi connectivity index (χ3n) is 2.96. The highest BCUT2D eigenvalue weighted by atomic mass is 16.5. The Bertz CT molecular complexity index is 406. The van der Waals surface area contributed by atoms with E-state index in [2.05, 4.69) is 9.97 Å². The van der Waals surface area contributed by atoms with Gasteiger partial charge >= 0.3 is 0 Å². The molecule has 4 heteroatoms. The van der Waals surface area contributed by atoms with Crippen LogP contribution in [-0.4, -0.2) is 23.2 Å². The third kappa shape index (κ3) is 2.09. The number of hydrogen-bond acceptors (Lipinski definition) is 3. The summed E-state index contributed by atoms with van der Waals surface area (Å²) in [6.45, 7) is 5.16. The van der Waals surface area contributed by atoms with Crippen molar-refractivity contribution in [3.05, 3.63) is 27.4 Å². The molecule has 1 aliphatic rings. The molecule has 2 heterocycles. The van der Waals surface area contributed by atoms with Gasteiger partial charge in [0.25, 0.3) is 5.56 Å². The van der Waals surface area contributed by atoms with Crippen LogP contribution in [0.2, 0.25) is 0 Å². The predicted octanol–water partition coefficient (Wildman–Crippen LogP) is 1.28. The van der Waals surface area contributed by atoms with Crippen LogP contribution in [0.15, 0.2) is 4.79 Å². The lowest BCUT2D eigenvalue weighted by atomic mass is 10.0. The van der Waals surface area contributed by atoms with Crippen LogP contribution in [-0.2, 0) is 4.74 Å². The summed E-state index contributed by atoms with van der Waals surface area (Å²) in [6, 6.07) is 0. The van der Waals surface area contributed by atoms with Crippen LogP contribution in [0.5, 0.6) is 0 Å². The van der Waals surface area contributed by atoms with Gasteiger partial charge in [-0.3, -0.25) is 4.79 Å². The number of nitrogens with one attached hydrogen (secondary N) is 1. The maximum absolute atomic E-state index is 11.6. The van der Waals surface area contributed by atoms with E-state index < -0.39 is 0 Å². The molecule has 1 aromatic heterocycles. The van der Waals surface area contributed by atoms with E-state index in [-0.39, 0.29) is 11.5 Å². The Morgan fingerprint density at radius 1 is 1.47 bits per heavy atom. The van der Waals surface area contributed by atoms with E-state index in [1.54, 1.807) is 6.92 Å². The Balaban J connectivity index is 2.32. The molecule has 4 nitrogen and oxygen atoms in total. The van der Waals surface area contributed by atoms with E-state index in [4.69, 9.17) is 4.74 Å². The fourth-order valence-corrected chi connectivity index (χ4v) is 1.82. The van der Waals surface area contributed by atoms with E-state index in [1.165, 1.54) is 0 Å². The van der Waals surface area contributed by atoms with Crippen molar-refractivity contribution in [2.75, 3.05) is 13.2 Å². The second kappa shape index (κ2) is 4.14. The van der Waals surface area contributed by atoms with Crippen molar-refractivity contribution in [3.63, 3.8) is 0 Å². The minimum atomic E-state index is -0.0249. The fourth-order valence-electron chi connectivity index (χ4n) is 1.82. The van der Waals surface area contributed by atoms with Gasteiger partial charge in [-0.2, -0.15) is 0 Å². The summed E-state index contributed by atoms with van der Waals surface area (Å²) in [6.07, 6.45) is 2.09. The zero-order valence-electron chi connectivity index (χ0n) is 9.17. The average molecular weight is 208 g/mol. The van der Waals surface area contributed by atoms with Gasteiger partial charge in [0.2, 0.25) is 0 Å². The monoisotopic (exact) mass is 208 g/mol. The van der Waals surface area contributed by atoms with Gasteiger partial charge in [0.1, 0.15) is 5.82 Å². The number of aryl methyl sites for hydroxylation is 1. The zero-order valence-corrected chi connectivity index (χ0v) is 9.17. The van der Waals surface area contributed by atoms with Gasteiger partial charge in [-0.05, 0) is 26.7 Å². The van der Waals surface area contributed by atoms with Gasteiger partial charge in [-0.15, -0.1) is 0 Å². The number of rotatable bonds is 1. The lowest BCUT2D eigenvalue weighted by Crippen LogP contribution is -2.23. The molecule has 0 spiro atoms. The Hall–Kier alpha value is -1.16. The number of H-pyrrole nitrogens is 1. The van der Waals surface area contributed by atoms with E-state index >= 15 is 0 Å². The molecular formula is C11H16N2O2. The normalized spacial score (nSPS) is 21.6. The van der Waals surface area contributed by atoms with Crippen molar-refractivity contribution in [2.24, 2.45) is 0 Å². The molecule has 2 rings (SSSR count). The molecule has 1 atom stereocenters. The molecule has 82 valence electrons. The molecule has 1 unspecified atom stereocenters. The number of ether oxygens (including phenoxy) is 1. The maximum Gasteiger partial charge on any atom is 0.254 e. The molecule has 0 amide bonds. The van der Waals surface area contributed by atoms with E-state index in [0.29, 0.717) is 12.2 Å². The largest absolute Gasteiger partial charge is 0.381 e. The molecular weight excluding hydrogens is 192 g/mol. The van der Waals surface area contributed by atoms with Crippen molar-refractivity contribution in [2.45, 2.75) is 32.6 Å². The predicted molar refractivity (Wildman–Crippen MR) is 57.1 cm³/mol. The zero-order chi connectivity index (χ0) is 10.8. The van der Waals surface area contributed by atoms with Crippen molar-refractivity contribution in [3.8, 4) is 0 Å². The Labute approximate surface area is 88.7 Å². The summed E-state index contributed by atoms with van der Waals surface area (Å²) in [5.74, 6) is 1.04. The van der Waals surface area contributed by atoms with Crippen LogP contribution in [0.3, 0.4) is 0 Å². The minimum absolute atomic E-state index is 0.0249. The van der Waals surface area contributed by atoms with Crippen molar-refractivity contribution in [1.82, 2.24) is 9.97 Å². The van der Waals surface area contributed by atoms with Gasteiger partial charge in [0.05, 0.1) is 6.61 Å². The van der Waals surface area contributed by atoms with Gasteiger partial charge in [0, 0.05) is 23.8 Å². The molecule has 1 saturated heterocycles. The number of aromatic amines is 1. The maximum atomic E-state index is 11.6. The topological polar surface area (TPSA) is 55.0 Å².